The average Bonchev–Trinajstić information content (AvgIpc) is 2.69. The molecule has 17 heavy (non-hydrogen) atoms. The summed E-state index contributed by atoms with van der Waals surface area (Å²) in [6.45, 7) is 4.62. The summed E-state index contributed by atoms with van der Waals surface area (Å²) in [5.74, 6) is 0.631. The Morgan fingerprint density at radius 2 is 2.24 bits per heavy atom. The fourth-order valence-electron chi connectivity index (χ4n) is 2.59. The van der Waals surface area contributed by atoms with Gasteiger partial charge in [-0.1, -0.05) is 0 Å². The van der Waals surface area contributed by atoms with Gasteiger partial charge >= 0.3 is 0 Å². The summed E-state index contributed by atoms with van der Waals surface area (Å²) in [5, 5.41) is 3.31. The smallest absolute Gasteiger partial charge is 0.151 e. The largest absolute Gasteiger partial charge is 0.374 e. The standard InChI is InChI=1S/C11H22N2O3S/c1-9(11-7-12-4-5-16-11)13(2)10-3-6-17(14,15)8-10/h9-12H,3-8H2,1-2H3. The lowest BCUT2D eigenvalue weighted by Gasteiger charge is -2.37. The molecule has 0 aromatic rings. The van der Waals surface area contributed by atoms with Gasteiger partial charge in [-0.05, 0) is 20.4 Å². The zero-order valence-electron chi connectivity index (χ0n) is 10.6. The maximum Gasteiger partial charge on any atom is 0.151 e. The molecule has 2 aliphatic rings. The predicted octanol–water partition coefficient (Wildman–Crippen LogP) is -0.518. The minimum absolute atomic E-state index is 0.153. The number of likely N-dealkylation sites (N-methyl/N-ethyl adjacent to an activating group) is 1. The first-order valence-corrected chi connectivity index (χ1v) is 8.06. The Morgan fingerprint density at radius 3 is 2.76 bits per heavy atom. The summed E-state index contributed by atoms with van der Waals surface area (Å²) in [6, 6.07) is 0.404. The zero-order valence-corrected chi connectivity index (χ0v) is 11.4. The Balaban J connectivity index is 1.92. The molecular weight excluding hydrogens is 240 g/mol. The molecule has 2 saturated heterocycles. The van der Waals surface area contributed by atoms with Crippen molar-refractivity contribution in [3.05, 3.63) is 0 Å². The van der Waals surface area contributed by atoms with Crippen molar-refractivity contribution in [2.24, 2.45) is 0 Å². The molecule has 6 heteroatoms. The van der Waals surface area contributed by atoms with Crippen LogP contribution >= 0.6 is 0 Å². The third kappa shape index (κ3) is 3.19. The molecule has 100 valence electrons. The van der Waals surface area contributed by atoms with Crippen molar-refractivity contribution < 1.29 is 13.2 Å². The first-order valence-electron chi connectivity index (χ1n) is 6.24. The number of morpholine rings is 1. The van der Waals surface area contributed by atoms with Crippen LogP contribution in [0.2, 0.25) is 0 Å². The Hall–Kier alpha value is -0.170. The fraction of sp³-hybridized carbons (Fsp3) is 1.00. The van der Waals surface area contributed by atoms with Crippen LogP contribution in [0.4, 0.5) is 0 Å². The third-order valence-corrected chi connectivity index (χ3v) is 5.67. The molecule has 0 spiro atoms. The highest BCUT2D eigenvalue weighted by molar-refractivity contribution is 7.91. The van der Waals surface area contributed by atoms with Gasteiger partial charge in [0.15, 0.2) is 9.84 Å². The number of hydrogen-bond donors (Lipinski definition) is 1. The second kappa shape index (κ2) is 5.22. The van der Waals surface area contributed by atoms with Crippen molar-refractivity contribution in [1.82, 2.24) is 10.2 Å². The molecule has 0 radical (unpaired) electrons. The highest BCUT2D eigenvalue weighted by atomic mass is 32.2. The topological polar surface area (TPSA) is 58.6 Å². The summed E-state index contributed by atoms with van der Waals surface area (Å²) in [7, 11) is -0.795. The molecule has 3 atom stereocenters. The molecule has 2 aliphatic heterocycles. The van der Waals surface area contributed by atoms with Crippen LogP contribution in [0.3, 0.4) is 0 Å². The number of nitrogens with zero attached hydrogens (tertiary/aromatic N) is 1. The summed E-state index contributed by atoms with van der Waals surface area (Å²) < 4.78 is 28.7. The van der Waals surface area contributed by atoms with Gasteiger partial charge < -0.3 is 10.1 Å². The van der Waals surface area contributed by atoms with E-state index in [0.29, 0.717) is 11.5 Å². The molecule has 2 heterocycles. The summed E-state index contributed by atoms with van der Waals surface area (Å²) in [6.07, 6.45) is 0.917. The van der Waals surface area contributed by atoms with Crippen molar-refractivity contribution in [2.45, 2.75) is 31.5 Å². The van der Waals surface area contributed by atoms with Crippen molar-refractivity contribution in [3.8, 4) is 0 Å². The van der Waals surface area contributed by atoms with Gasteiger partial charge in [-0.25, -0.2) is 8.42 Å². The van der Waals surface area contributed by atoms with Crippen LogP contribution in [0, 0.1) is 0 Å². The summed E-state index contributed by atoms with van der Waals surface area (Å²) >= 11 is 0. The summed E-state index contributed by atoms with van der Waals surface area (Å²) in [4.78, 5) is 2.17. The van der Waals surface area contributed by atoms with Gasteiger partial charge in [0.2, 0.25) is 0 Å². The van der Waals surface area contributed by atoms with Crippen LogP contribution in [-0.2, 0) is 14.6 Å². The lowest BCUT2D eigenvalue weighted by atomic mass is 10.1. The first-order chi connectivity index (χ1) is 7.99. The molecule has 0 aromatic carbocycles. The number of ether oxygens (including phenoxy) is 1. The summed E-state index contributed by atoms with van der Waals surface area (Å²) in [5.41, 5.74) is 0. The number of rotatable bonds is 3. The first kappa shape index (κ1) is 13.3. The maximum absolute atomic E-state index is 11.5. The molecule has 0 saturated carbocycles. The van der Waals surface area contributed by atoms with Gasteiger partial charge in [-0.3, -0.25) is 4.90 Å². The van der Waals surface area contributed by atoms with Crippen LogP contribution in [0.5, 0.6) is 0 Å². The second-order valence-electron chi connectivity index (χ2n) is 5.08. The molecule has 2 rings (SSSR count). The van der Waals surface area contributed by atoms with Gasteiger partial charge in [-0.15, -0.1) is 0 Å². The van der Waals surface area contributed by atoms with E-state index in [9.17, 15) is 8.42 Å². The molecule has 0 bridgehead atoms. The number of nitrogens with one attached hydrogen (secondary N) is 1. The molecule has 1 N–H and O–H groups in total. The van der Waals surface area contributed by atoms with E-state index in [-0.39, 0.29) is 18.2 Å². The van der Waals surface area contributed by atoms with Gasteiger partial charge in [0.1, 0.15) is 0 Å². The van der Waals surface area contributed by atoms with Crippen LogP contribution in [0.25, 0.3) is 0 Å². The van der Waals surface area contributed by atoms with Gasteiger partial charge in [-0.2, -0.15) is 0 Å². The Bertz CT molecular complexity index is 352. The predicted molar refractivity (Wildman–Crippen MR) is 66.9 cm³/mol. The Labute approximate surface area is 103 Å². The highest BCUT2D eigenvalue weighted by Crippen LogP contribution is 2.20. The van der Waals surface area contributed by atoms with Gasteiger partial charge in [0, 0.05) is 25.2 Å². The molecule has 0 amide bonds. The van der Waals surface area contributed by atoms with Crippen LogP contribution in [0.15, 0.2) is 0 Å². The van der Waals surface area contributed by atoms with E-state index in [1.54, 1.807) is 0 Å². The van der Waals surface area contributed by atoms with Crippen molar-refractivity contribution >= 4 is 9.84 Å². The van der Waals surface area contributed by atoms with E-state index in [4.69, 9.17) is 4.74 Å². The minimum atomic E-state index is -2.80. The lowest BCUT2D eigenvalue weighted by Crippen LogP contribution is -2.52. The van der Waals surface area contributed by atoms with Crippen LogP contribution < -0.4 is 5.32 Å². The molecular formula is C11H22N2O3S. The average molecular weight is 262 g/mol. The fourth-order valence-corrected chi connectivity index (χ4v) is 4.37. The Morgan fingerprint density at radius 1 is 1.47 bits per heavy atom. The van der Waals surface area contributed by atoms with E-state index in [1.807, 2.05) is 7.05 Å². The van der Waals surface area contributed by atoms with E-state index in [2.05, 4.69) is 17.1 Å². The normalized spacial score (nSPS) is 35.0. The van der Waals surface area contributed by atoms with Crippen molar-refractivity contribution in [3.63, 3.8) is 0 Å². The maximum atomic E-state index is 11.5. The van der Waals surface area contributed by atoms with Crippen LogP contribution in [-0.4, -0.2) is 69.8 Å². The molecule has 0 aromatic heterocycles. The quantitative estimate of drug-likeness (QED) is 0.742. The molecule has 3 unspecified atom stereocenters. The highest BCUT2D eigenvalue weighted by Gasteiger charge is 2.35. The molecule has 5 nitrogen and oxygen atoms in total. The number of sulfone groups is 1. The third-order valence-electron chi connectivity index (χ3n) is 3.92. The van der Waals surface area contributed by atoms with Gasteiger partial charge in [0.25, 0.3) is 0 Å². The Kier molecular flexibility index (Phi) is 4.07. The van der Waals surface area contributed by atoms with Gasteiger partial charge in [0.05, 0.1) is 24.2 Å². The second-order valence-corrected chi connectivity index (χ2v) is 7.31. The van der Waals surface area contributed by atoms with E-state index >= 15 is 0 Å². The molecule has 2 fully saturated rings. The van der Waals surface area contributed by atoms with E-state index in [1.165, 1.54) is 0 Å². The van der Waals surface area contributed by atoms with Crippen molar-refractivity contribution in [1.29, 1.82) is 0 Å². The monoisotopic (exact) mass is 262 g/mol. The van der Waals surface area contributed by atoms with Crippen LogP contribution in [0.1, 0.15) is 13.3 Å². The lowest BCUT2D eigenvalue weighted by molar-refractivity contribution is -0.0273. The van der Waals surface area contributed by atoms with E-state index in [0.717, 1.165) is 26.1 Å². The zero-order chi connectivity index (χ0) is 12.5. The number of hydrogen-bond acceptors (Lipinski definition) is 5. The van der Waals surface area contributed by atoms with Crippen molar-refractivity contribution in [2.75, 3.05) is 38.2 Å². The SMILES string of the molecule is CC(C1CNCCO1)N(C)C1CCS(=O)(=O)C1. The molecule has 0 aliphatic carbocycles. The minimum Gasteiger partial charge on any atom is -0.374 e. The van der Waals surface area contributed by atoms with E-state index < -0.39 is 9.84 Å².